The van der Waals surface area contributed by atoms with E-state index in [1.165, 1.54) is 18.7 Å². The molecule has 1 heterocycles. The molecule has 1 aliphatic rings. The lowest BCUT2D eigenvalue weighted by atomic mass is 10.1. The second-order valence-electron chi connectivity index (χ2n) is 5.11. The molecule has 1 aliphatic carbocycles. The van der Waals surface area contributed by atoms with E-state index in [1.807, 2.05) is 18.2 Å². The molecule has 0 amide bonds. The number of benzene rings is 1. The second-order valence-corrected chi connectivity index (χ2v) is 5.96. The molecule has 2 N–H and O–H groups in total. The van der Waals surface area contributed by atoms with Crippen molar-refractivity contribution in [3.63, 3.8) is 0 Å². The monoisotopic (exact) mass is 319 g/mol. The van der Waals surface area contributed by atoms with Crippen LogP contribution in [0.15, 0.2) is 28.7 Å². The van der Waals surface area contributed by atoms with Crippen molar-refractivity contribution >= 4 is 21.7 Å². The lowest BCUT2D eigenvalue weighted by Crippen LogP contribution is -2.06. The fourth-order valence-electron chi connectivity index (χ4n) is 2.45. The molecule has 0 saturated heterocycles. The molecule has 0 spiro atoms. The third-order valence-corrected chi connectivity index (χ3v) is 4.25. The molecule has 3 nitrogen and oxygen atoms in total. The number of hydrogen-bond donors (Lipinski definition) is 1. The maximum absolute atomic E-state index is 6.34. The summed E-state index contributed by atoms with van der Waals surface area (Å²) in [6, 6.07) is 8.13. The van der Waals surface area contributed by atoms with Crippen LogP contribution in [0.5, 0.6) is 0 Å². The van der Waals surface area contributed by atoms with Crippen molar-refractivity contribution in [3.8, 4) is 11.3 Å². The molecule has 0 radical (unpaired) electrons. The van der Waals surface area contributed by atoms with Crippen molar-refractivity contribution in [3.05, 3.63) is 34.6 Å². The summed E-state index contributed by atoms with van der Waals surface area (Å²) in [6.07, 6.45) is 3.57. The van der Waals surface area contributed by atoms with Crippen molar-refractivity contribution in [1.29, 1.82) is 0 Å². The SMILES string of the molecule is CCCn1c(C2CC2)nc(-c2ccccc2Br)c1N. The Hall–Kier alpha value is -1.29. The molecule has 100 valence electrons. The number of halogens is 1. The van der Waals surface area contributed by atoms with Gasteiger partial charge < -0.3 is 10.3 Å². The summed E-state index contributed by atoms with van der Waals surface area (Å²) < 4.78 is 3.25. The molecule has 1 aromatic carbocycles. The molecule has 0 unspecified atom stereocenters. The van der Waals surface area contributed by atoms with Crippen molar-refractivity contribution in [2.45, 2.75) is 38.6 Å². The first-order chi connectivity index (χ1) is 9.22. The Morgan fingerprint density at radius 1 is 1.37 bits per heavy atom. The Morgan fingerprint density at radius 3 is 2.74 bits per heavy atom. The molecule has 0 aliphatic heterocycles. The number of nitrogen functional groups attached to an aromatic ring is 1. The van der Waals surface area contributed by atoms with Crippen LogP contribution in [0, 0.1) is 0 Å². The Bertz CT molecular complexity index is 599. The largest absolute Gasteiger partial charge is 0.383 e. The van der Waals surface area contributed by atoms with Crippen LogP contribution >= 0.6 is 15.9 Å². The van der Waals surface area contributed by atoms with E-state index in [0.29, 0.717) is 5.92 Å². The minimum atomic E-state index is 0.616. The Balaban J connectivity index is 2.12. The summed E-state index contributed by atoms with van der Waals surface area (Å²) >= 11 is 3.59. The lowest BCUT2D eigenvalue weighted by Gasteiger charge is -2.07. The van der Waals surface area contributed by atoms with Gasteiger partial charge in [-0.2, -0.15) is 0 Å². The van der Waals surface area contributed by atoms with Crippen molar-refractivity contribution < 1.29 is 0 Å². The van der Waals surface area contributed by atoms with E-state index in [2.05, 4.69) is 33.5 Å². The summed E-state index contributed by atoms with van der Waals surface area (Å²) in [5.41, 5.74) is 8.34. The van der Waals surface area contributed by atoms with E-state index in [0.717, 1.165) is 34.5 Å². The number of nitrogens with zero attached hydrogens (tertiary/aromatic N) is 2. The third-order valence-electron chi connectivity index (χ3n) is 3.56. The van der Waals surface area contributed by atoms with Crippen LogP contribution in [0.2, 0.25) is 0 Å². The molecule has 0 atom stereocenters. The Kier molecular flexibility index (Phi) is 3.35. The average molecular weight is 320 g/mol. The third kappa shape index (κ3) is 2.29. The molecule has 0 bridgehead atoms. The van der Waals surface area contributed by atoms with Gasteiger partial charge in [-0.1, -0.05) is 41.1 Å². The van der Waals surface area contributed by atoms with Gasteiger partial charge in [0.15, 0.2) is 0 Å². The van der Waals surface area contributed by atoms with Crippen molar-refractivity contribution in [2.75, 3.05) is 5.73 Å². The van der Waals surface area contributed by atoms with E-state index >= 15 is 0 Å². The highest BCUT2D eigenvalue weighted by Crippen LogP contribution is 2.43. The van der Waals surface area contributed by atoms with Crippen LogP contribution in [0.3, 0.4) is 0 Å². The highest BCUT2D eigenvalue weighted by Gasteiger charge is 2.31. The van der Waals surface area contributed by atoms with Gasteiger partial charge in [-0.15, -0.1) is 0 Å². The molecule has 2 aromatic rings. The Morgan fingerprint density at radius 2 is 2.11 bits per heavy atom. The minimum Gasteiger partial charge on any atom is -0.383 e. The predicted octanol–water partition coefficient (Wildman–Crippen LogP) is 4.18. The van der Waals surface area contributed by atoms with E-state index in [-0.39, 0.29) is 0 Å². The van der Waals surface area contributed by atoms with Gasteiger partial charge >= 0.3 is 0 Å². The van der Waals surface area contributed by atoms with E-state index in [9.17, 15) is 0 Å². The standard InChI is InChI=1S/C15H18BrN3/c1-2-9-19-14(17)13(18-15(19)10-7-8-10)11-5-3-4-6-12(11)16/h3-6,10H,2,7-9,17H2,1H3. The fourth-order valence-corrected chi connectivity index (χ4v) is 2.92. The first-order valence-corrected chi connectivity index (χ1v) is 7.62. The number of imidazole rings is 1. The lowest BCUT2D eigenvalue weighted by molar-refractivity contribution is 0.646. The molecule has 1 aromatic heterocycles. The molecule has 1 saturated carbocycles. The summed E-state index contributed by atoms with van der Waals surface area (Å²) in [6.45, 7) is 3.13. The van der Waals surface area contributed by atoms with Crippen molar-refractivity contribution in [2.24, 2.45) is 0 Å². The van der Waals surface area contributed by atoms with Crippen LogP contribution < -0.4 is 5.73 Å². The summed E-state index contributed by atoms with van der Waals surface area (Å²) in [5, 5.41) is 0. The molecular weight excluding hydrogens is 302 g/mol. The van der Waals surface area contributed by atoms with Gasteiger partial charge in [0.1, 0.15) is 17.3 Å². The molecular formula is C15H18BrN3. The normalized spacial score (nSPS) is 14.8. The van der Waals surface area contributed by atoms with Crippen molar-refractivity contribution in [1.82, 2.24) is 9.55 Å². The summed E-state index contributed by atoms with van der Waals surface area (Å²) in [7, 11) is 0. The quantitative estimate of drug-likeness (QED) is 0.918. The first kappa shape index (κ1) is 12.7. The highest BCUT2D eigenvalue weighted by atomic mass is 79.9. The average Bonchev–Trinajstić information content (AvgIpc) is 3.19. The van der Waals surface area contributed by atoms with Gasteiger partial charge in [0, 0.05) is 22.5 Å². The zero-order chi connectivity index (χ0) is 13.4. The summed E-state index contributed by atoms with van der Waals surface area (Å²) in [5.74, 6) is 2.59. The molecule has 3 rings (SSSR count). The maximum Gasteiger partial charge on any atom is 0.131 e. The van der Waals surface area contributed by atoms with Gasteiger partial charge in [0.05, 0.1) is 0 Å². The van der Waals surface area contributed by atoms with Crippen LogP contribution in [-0.4, -0.2) is 9.55 Å². The van der Waals surface area contributed by atoms with Gasteiger partial charge in [0.2, 0.25) is 0 Å². The number of aromatic nitrogens is 2. The van der Waals surface area contributed by atoms with Crippen LogP contribution in [0.1, 0.15) is 37.9 Å². The van der Waals surface area contributed by atoms with Gasteiger partial charge in [-0.25, -0.2) is 4.98 Å². The molecule has 4 heteroatoms. The van der Waals surface area contributed by atoms with Gasteiger partial charge in [-0.3, -0.25) is 0 Å². The molecule has 1 fully saturated rings. The number of rotatable bonds is 4. The number of nitrogens with two attached hydrogens (primary N) is 1. The van der Waals surface area contributed by atoms with E-state index in [4.69, 9.17) is 10.7 Å². The maximum atomic E-state index is 6.34. The number of anilines is 1. The smallest absolute Gasteiger partial charge is 0.131 e. The fraction of sp³-hybridized carbons (Fsp3) is 0.400. The number of hydrogen-bond acceptors (Lipinski definition) is 2. The topological polar surface area (TPSA) is 43.8 Å². The zero-order valence-corrected chi connectivity index (χ0v) is 12.7. The summed E-state index contributed by atoms with van der Waals surface area (Å²) in [4.78, 5) is 4.83. The Labute approximate surface area is 122 Å². The molecule has 19 heavy (non-hydrogen) atoms. The van der Waals surface area contributed by atoms with Gasteiger partial charge in [-0.05, 0) is 25.3 Å². The minimum absolute atomic E-state index is 0.616. The highest BCUT2D eigenvalue weighted by molar-refractivity contribution is 9.10. The second kappa shape index (κ2) is 5.00. The zero-order valence-electron chi connectivity index (χ0n) is 11.1. The predicted molar refractivity (Wildman–Crippen MR) is 82.0 cm³/mol. The van der Waals surface area contributed by atoms with Crippen LogP contribution in [0.4, 0.5) is 5.82 Å². The van der Waals surface area contributed by atoms with E-state index < -0.39 is 0 Å². The first-order valence-electron chi connectivity index (χ1n) is 6.83. The van der Waals surface area contributed by atoms with E-state index in [1.54, 1.807) is 0 Å². The van der Waals surface area contributed by atoms with Gasteiger partial charge in [0.25, 0.3) is 0 Å². The van der Waals surface area contributed by atoms with Crippen LogP contribution in [-0.2, 0) is 6.54 Å². The van der Waals surface area contributed by atoms with Crippen LogP contribution in [0.25, 0.3) is 11.3 Å².